The topological polar surface area (TPSA) is 79.6 Å². The van der Waals surface area contributed by atoms with Gasteiger partial charge in [0.15, 0.2) is 0 Å². The third-order valence-corrected chi connectivity index (χ3v) is 7.01. The summed E-state index contributed by atoms with van der Waals surface area (Å²) in [5.74, 6) is 0.503. The first kappa shape index (κ1) is 22.0. The fourth-order valence-electron chi connectivity index (χ4n) is 3.94. The molecule has 166 valence electrons. The van der Waals surface area contributed by atoms with Gasteiger partial charge in [0.25, 0.3) is 0 Å². The van der Waals surface area contributed by atoms with Gasteiger partial charge in [-0.2, -0.15) is 0 Å². The maximum Gasteiger partial charge on any atom is 0.247 e. The van der Waals surface area contributed by atoms with E-state index in [1.165, 1.54) is 29.5 Å². The van der Waals surface area contributed by atoms with Crippen LogP contribution in [0, 0.1) is 6.92 Å². The molecular weight excluding hydrogens is 424 g/mol. The lowest BCUT2D eigenvalue weighted by Crippen LogP contribution is -2.28. The van der Waals surface area contributed by atoms with E-state index in [-0.39, 0.29) is 23.4 Å². The second kappa shape index (κ2) is 9.54. The average molecular weight is 451 g/mol. The van der Waals surface area contributed by atoms with Crippen LogP contribution in [0.15, 0.2) is 82.3 Å². The zero-order valence-corrected chi connectivity index (χ0v) is 18.7. The minimum absolute atomic E-state index is 0.0363. The van der Waals surface area contributed by atoms with E-state index >= 15 is 0 Å². The number of likely N-dealkylation sites (tertiary alicyclic amines) is 1. The number of carbonyl (C=O) groups is 1. The summed E-state index contributed by atoms with van der Waals surface area (Å²) in [6.45, 7) is 2.88. The van der Waals surface area contributed by atoms with E-state index in [0.717, 1.165) is 24.9 Å². The number of rotatable bonds is 7. The molecule has 1 aliphatic heterocycles. The van der Waals surface area contributed by atoms with Gasteiger partial charge in [-0.15, -0.1) is 0 Å². The summed E-state index contributed by atoms with van der Waals surface area (Å²) in [4.78, 5) is 14.9. The van der Waals surface area contributed by atoms with Crippen molar-refractivity contribution in [3.63, 3.8) is 0 Å². The number of hydrogen-bond acceptors (Lipinski definition) is 4. The largest absolute Gasteiger partial charge is 0.468 e. The fraction of sp³-hybridized carbons (Fsp3) is 0.240. The van der Waals surface area contributed by atoms with Gasteiger partial charge in [-0.25, -0.2) is 13.1 Å². The monoisotopic (exact) mass is 450 g/mol. The number of aryl methyl sites for hydroxylation is 1. The molecule has 6 nitrogen and oxygen atoms in total. The Morgan fingerprint density at radius 2 is 1.97 bits per heavy atom. The van der Waals surface area contributed by atoms with Crippen LogP contribution in [0.4, 0.5) is 0 Å². The lowest BCUT2D eigenvalue weighted by atomic mass is 10.0. The van der Waals surface area contributed by atoms with Crippen molar-refractivity contribution in [2.24, 2.45) is 0 Å². The maximum atomic E-state index is 12.8. The number of furan rings is 1. The SMILES string of the molecule is Cc1cccc(C2CCCN2C(=O)/C=C/c2ccc(S(=O)(=O)NCc3ccco3)cc2)c1. The van der Waals surface area contributed by atoms with Crippen LogP contribution in [0.25, 0.3) is 6.08 Å². The Kier molecular flexibility index (Phi) is 6.58. The van der Waals surface area contributed by atoms with Crippen LogP contribution in [0.1, 0.15) is 41.3 Å². The van der Waals surface area contributed by atoms with E-state index in [0.29, 0.717) is 5.76 Å². The Balaban J connectivity index is 1.40. The quantitative estimate of drug-likeness (QED) is 0.540. The number of amides is 1. The summed E-state index contributed by atoms with van der Waals surface area (Å²) in [7, 11) is -3.65. The highest BCUT2D eigenvalue weighted by molar-refractivity contribution is 7.89. The lowest BCUT2D eigenvalue weighted by molar-refractivity contribution is -0.126. The Bertz CT molecular complexity index is 1200. The van der Waals surface area contributed by atoms with Crippen molar-refractivity contribution in [3.05, 3.63) is 95.5 Å². The molecule has 4 rings (SSSR count). The van der Waals surface area contributed by atoms with Crippen molar-refractivity contribution in [2.45, 2.75) is 37.2 Å². The first-order chi connectivity index (χ1) is 15.4. The van der Waals surface area contributed by atoms with E-state index in [9.17, 15) is 13.2 Å². The van der Waals surface area contributed by atoms with Crippen molar-refractivity contribution in [3.8, 4) is 0 Å². The van der Waals surface area contributed by atoms with E-state index in [4.69, 9.17) is 4.42 Å². The zero-order chi connectivity index (χ0) is 22.6. The summed E-state index contributed by atoms with van der Waals surface area (Å²) < 4.78 is 32.5. The van der Waals surface area contributed by atoms with E-state index in [1.807, 2.05) is 11.0 Å². The summed E-state index contributed by atoms with van der Waals surface area (Å²) in [5.41, 5.74) is 3.11. The molecule has 1 saturated heterocycles. The Labute approximate surface area is 188 Å². The average Bonchev–Trinajstić information content (AvgIpc) is 3.49. The van der Waals surface area contributed by atoms with Crippen LogP contribution in [0.3, 0.4) is 0 Å². The molecule has 1 aromatic heterocycles. The second-order valence-corrected chi connectivity index (χ2v) is 9.68. The molecule has 2 aromatic carbocycles. The van der Waals surface area contributed by atoms with Crippen molar-refractivity contribution < 1.29 is 17.6 Å². The van der Waals surface area contributed by atoms with Crippen LogP contribution >= 0.6 is 0 Å². The molecule has 32 heavy (non-hydrogen) atoms. The first-order valence-electron chi connectivity index (χ1n) is 10.6. The normalized spacial score (nSPS) is 16.7. The van der Waals surface area contributed by atoms with E-state index in [2.05, 4.69) is 29.8 Å². The smallest absolute Gasteiger partial charge is 0.247 e. The number of nitrogens with zero attached hydrogens (tertiary/aromatic N) is 1. The van der Waals surface area contributed by atoms with Gasteiger partial charge < -0.3 is 9.32 Å². The van der Waals surface area contributed by atoms with E-state index in [1.54, 1.807) is 36.4 Å². The summed E-state index contributed by atoms with van der Waals surface area (Å²) >= 11 is 0. The zero-order valence-electron chi connectivity index (χ0n) is 17.9. The minimum atomic E-state index is -3.65. The van der Waals surface area contributed by atoms with Crippen LogP contribution < -0.4 is 4.72 Å². The number of carbonyl (C=O) groups excluding carboxylic acids is 1. The minimum Gasteiger partial charge on any atom is -0.468 e. The molecule has 7 heteroatoms. The van der Waals surface area contributed by atoms with Crippen molar-refractivity contribution in [2.75, 3.05) is 6.54 Å². The van der Waals surface area contributed by atoms with Gasteiger partial charge >= 0.3 is 0 Å². The highest BCUT2D eigenvalue weighted by Crippen LogP contribution is 2.32. The Hall–Kier alpha value is -3.16. The predicted octanol–water partition coefficient (Wildman–Crippen LogP) is 4.44. The molecule has 1 aliphatic rings. The number of sulfonamides is 1. The molecule has 1 atom stereocenters. The third kappa shape index (κ3) is 5.18. The van der Waals surface area contributed by atoms with Crippen molar-refractivity contribution >= 4 is 22.0 Å². The molecule has 3 aromatic rings. The molecule has 0 bridgehead atoms. The predicted molar refractivity (Wildman–Crippen MR) is 123 cm³/mol. The molecule has 0 aliphatic carbocycles. The molecule has 1 fully saturated rings. The summed E-state index contributed by atoms with van der Waals surface area (Å²) in [6, 6.07) is 18.2. The van der Waals surface area contributed by atoms with Crippen LogP contribution in [-0.4, -0.2) is 25.8 Å². The van der Waals surface area contributed by atoms with Gasteiger partial charge in [-0.3, -0.25) is 4.79 Å². The second-order valence-electron chi connectivity index (χ2n) is 7.91. The molecule has 0 saturated carbocycles. The van der Waals surface area contributed by atoms with Crippen molar-refractivity contribution in [1.82, 2.24) is 9.62 Å². The first-order valence-corrected chi connectivity index (χ1v) is 12.1. The molecule has 1 unspecified atom stereocenters. The number of benzene rings is 2. The van der Waals surface area contributed by atoms with Crippen LogP contribution in [-0.2, 0) is 21.4 Å². The molecule has 2 heterocycles. The number of nitrogens with one attached hydrogen (secondary N) is 1. The van der Waals surface area contributed by atoms with Crippen LogP contribution in [0.5, 0.6) is 0 Å². The molecule has 0 radical (unpaired) electrons. The van der Waals surface area contributed by atoms with Gasteiger partial charge in [0.2, 0.25) is 15.9 Å². The van der Waals surface area contributed by atoms with Crippen molar-refractivity contribution in [1.29, 1.82) is 0 Å². The molecule has 0 spiro atoms. The molecule has 1 amide bonds. The lowest BCUT2D eigenvalue weighted by Gasteiger charge is -2.24. The molecular formula is C25H26N2O4S. The highest BCUT2D eigenvalue weighted by atomic mass is 32.2. The van der Waals surface area contributed by atoms with Gasteiger partial charge in [-0.05, 0) is 61.2 Å². The fourth-order valence-corrected chi connectivity index (χ4v) is 4.93. The summed E-state index contributed by atoms with van der Waals surface area (Å²) in [5, 5.41) is 0. The standard InChI is InChI=1S/C25H26N2O4S/c1-19-5-2-6-21(17-19)24-8-3-15-27(24)25(28)14-11-20-9-12-23(13-10-20)32(29,30)26-18-22-7-4-16-31-22/h2,4-7,9-14,16-17,24,26H,3,8,15,18H2,1H3/b14-11+. The third-order valence-electron chi connectivity index (χ3n) is 5.59. The van der Waals surface area contributed by atoms with Gasteiger partial charge in [0, 0.05) is 12.6 Å². The van der Waals surface area contributed by atoms with E-state index < -0.39 is 10.0 Å². The Morgan fingerprint density at radius 3 is 2.69 bits per heavy atom. The van der Waals surface area contributed by atoms with Crippen LogP contribution in [0.2, 0.25) is 0 Å². The van der Waals surface area contributed by atoms with Gasteiger partial charge in [0.05, 0.1) is 23.7 Å². The Morgan fingerprint density at radius 1 is 1.16 bits per heavy atom. The van der Waals surface area contributed by atoms with Gasteiger partial charge in [-0.1, -0.05) is 42.0 Å². The summed E-state index contributed by atoms with van der Waals surface area (Å²) in [6.07, 6.45) is 6.72. The highest BCUT2D eigenvalue weighted by Gasteiger charge is 2.28. The van der Waals surface area contributed by atoms with Gasteiger partial charge in [0.1, 0.15) is 5.76 Å². The number of hydrogen-bond donors (Lipinski definition) is 1. The maximum absolute atomic E-state index is 12.8. The molecule has 1 N–H and O–H groups in total.